The van der Waals surface area contributed by atoms with Gasteiger partial charge in [0.2, 0.25) is 0 Å². The second-order valence-corrected chi connectivity index (χ2v) is 3.13. The molecule has 0 rings (SSSR count). The normalized spacial score (nSPS) is 11.0. The highest BCUT2D eigenvalue weighted by molar-refractivity contribution is 5.95. The van der Waals surface area contributed by atoms with Crippen molar-refractivity contribution in [3.63, 3.8) is 0 Å². The second kappa shape index (κ2) is 8.03. The van der Waals surface area contributed by atoms with E-state index in [4.69, 9.17) is 9.47 Å². The third-order valence-electron chi connectivity index (χ3n) is 1.54. The summed E-state index contributed by atoms with van der Waals surface area (Å²) in [5.41, 5.74) is 0.268. The summed E-state index contributed by atoms with van der Waals surface area (Å²) in [6.45, 7) is 6.08. The van der Waals surface area contributed by atoms with Crippen LogP contribution in [0.15, 0.2) is 11.6 Å². The Balaban J connectivity index is 4.05. The molecule has 0 aliphatic carbocycles. The summed E-state index contributed by atoms with van der Waals surface area (Å²) in [6.07, 6.45) is 2.69. The van der Waals surface area contributed by atoms with Crippen LogP contribution >= 0.6 is 0 Å². The fourth-order valence-electron chi connectivity index (χ4n) is 0.789. The minimum absolute atomic E-state index is 0.268. The first-order valence-corrected chi connectivity index (χ1v) is 5.14. The van der Waals surface area contributed by atoms with Crippen LogP contribution in [0.1, 0.15) is 33.6 Å². The quantitative estimate of drug-likeness (QED) is 0.500. The van der Waals surface area contributed by atoms with Crippen LogP contribution in [0.4, 0.5) is 0 Å². The first-order chi connectivity index (χ1) is 7.11. The standard InChI is InChI=1S/C11H18O4/c1-4-6-14-10(12)8-9(3)11(13)15-7-5-2/h8H,4-7H2,1-3H3/b9-8+. The van der Waals surface area contributed by atoms with Crippen LogP contribution in [0.2, 0.25) is 0 Å². The molecule has 0 unspecified atom stereocenters. The van der Waals surface area contributed by atoms with Gasteiger partial charge in [0.05, 0.1) is 13.2 Å². The highest BCUT2D eigenvalue weighted by Gasteiger charge is 2.07. The molecule has 0 radical (unpaired) electrons. The van der Waals surface area contributed by atoms with Gasteiger partial charge in [-0.15, -0.1) is 0 Å². The molecule has 0 heterocycles. The maximum Gasteiger partial charge on any atom is 0.333 e. The van der Waals surface area contributed by atoms with Crippen molar-refractivity contribution in [1.29, 1.82) is 0 Å². The van der Waals surface area contributed by atoms with Gasteiger partial charge in [0.15, 0.2) is 0 Å². The molecular formula is C11H18O4. The van der Waals surface area contributed by atoms with E-state index in [2.05, 4.69) is 0 Å². The van der Waals surface area contributed by atoms with Crippen LogP contribution in [0.3, 0.4) is 0 Å². The van der Waals surface area contributed by atoms with E-state index in [9.17, 15) is 9.59 Å². The lowest BCUT2D eigenvalue weighted by molar-refractivity contribution is -0.141. The van der Waals surface area contributed by atoms with Gasteiger partial charge in [-0.1, -0.05) is 13.8 Å². The van der Waals surface area contributed by atoms with Crippen LogP contribution in [-0.2, 0) is 19.1 Å². The van der Waals surface area contributed by atoms with Crippen LogP contribution in [-0.4, -0.2) is 25.2 Å². The van der Waals surface area contributed by atoms with Crippen molar-refractivity contribution in [2.75, 3.05) is 13.2 Å². The summed E-state index contributed by atoms with van der Waals surface area (Å²) >= 11 is 0. The monoisotopic (exact) mass is 214 g/mol. The molecule has 4 heteroatoms. The summed E-state index contributed by atoms with van der Waals surface area (Å²) in [4.78, 5) is 22.3. The summed E-state index contributed by atoms with van der Waals surface area (Å²) in [5, 5.41) is 0. The molecule has 0 aromatic carbocycles. The molecule has 86 valence electrons. The smallest absolute Gasteiger partial charge is 0.333 e. The lowest BCUT2D eigenvalue weighted by atomic mass is 10.3. The molecule has 0 N–H and O–H groups in total. The second-order valence-electron chi connectivity index (χ2n) is 3.13. The summed E-state index contributed by atoms with van der Waals surface area (Å²) in [5.74, 6) is -0.965. The van der Waals surface area contributed by atoms with Crippen LogP contribution in [0.25, 0.3) is 0 Å². The van der Waals surface area contributed by atoms with Crippen molar-refractivity contribution in [2.45, 2.75) is 33.6 Å². The molecule has 0 aromatic rings. The van der Waals surface area contributed by atoms with Gasteiger partial charge in [0.1, 0.15) is 0 Å². The first kappa shape index (κ1) is 13.7. The van der Waals surface area contributed by atoms with E-state index in [1.54, 1.807) is 0 Å². The number of carbonyl (C=O) groups excluding carboxylic acids is 2. The Hall–Kier alpha value is -1.32. The number of hydrogen-bond acceptors (Lipinski definition) is 4. The van der Waals surface area contributed by atoms with Crippen LogP contribution < -0.4 is 0 Å². The highest BCUT2D eigenvalue weighted by Crippen LogP contribution is 1.98. The number of carbonyl (C=O) groups is 2. The SMILES string of the molecule is CCCOC(=O)/C=C(\C)C(=O)OCCC. The van der Waals surface area contributed by atoms with Crippen molar-refractivity contribution in [1.82, 2.24) is 0 Å². The predicted molar refractivity (Wildman–Crippen MR) is 56.3 cm³/mol. The van der Waals surface area contributed by atoms with E-state index >= 15 is 0 Å². The molecule has 0 aliphatic heterocycles. The third-order valence-corrected chi connectivity index (χ3v) is 1.54. The summed E-state index contributed by atoms with van der Waals surface area (Å²) in [6, 6.07) is 0. The van der Waals surface area contributed by atoms with Crippen molar-refractivity contribution in [3.8, 4) is 0 Å². The van der Waals surface area contributed by atoms with E-state index in [1.165, 1.54) is 6.92 Å². The Morgan fingerprint density at radius 2 is 1.60 bits per heavy atom. The number of hydrogen-bond donors (Lipinski definition) is 0. The number of rotatable bonds is 6. The molecule has 0 aromatic heterocycles. The third kappa shape index (κ3) is 6.71. The van der Waals surface area contributed by atoms with Crippen molar-refractivity contribution in [3.05, 3.63) is 11.6 Å². The maximum absolute atomic E-state index is 11.2. The zero-order valence-electron chi connectivity index (χ0n) is 9.54. The Morgan fingerprint density at radius 1 is 1.07 bits per heavy atom. The number of esters is 2. The van der Waals surface area contributed by atoms with Gasteiger partial charge in [-0.05, 0) is 19.8 Å². The van der Waals surface area contributed by atoms with E-state index in [-0.39, 0.29) is 5.57 Å². The lowest BCUT2D eigenvalue weighted by Crippen LogP contribution is -2.09. The van der Waals surface area contributed by atoms with Gasteiger partial charge >= 0.3 is 11.9 Å². The van der Waals surface area contributed by atoms with Gasteiger partial charge in [-0.3, -0.25) is 0 Å². The van der Waals surface area contributed by atoms with Crippen molar-refractivity contribution in [2.24, 2.45) is 0 Å². The minimum atomic E-state index is -0.497. The fourth-order valence-corrected chi connectivity index (χ4v) is 0.789. The topological polar surface area (TPSA) is 52.6 Å². The zero-order valence-corrected chi connectivity index (χ0v) is 9.54. The molecular weight excluding hydrogens is 196 g/mol. The highest BCUT2D eigenvalue weighted by atomic mass is 16.5. The predicted octanol–water partition coefficient (Wildman–Crippen LogP) is 1.84. The molecule has 0 spiro atoms. The van der Waals surface area contributed by atoms with Gasteiger partial charge < -0.3 is 9.47 Å². The number of ether oxygens (including phenoxy) is 2. The molecule has 0 amide bonds. The maximum atomic E-state index is 11.2. The Kier molecular flexibility index (Phi) is 7.32. The van der Waals surface area contributed by atoms with E-state index in [0.717, 1.165) is 18.9 Å². The van der Waals surface area contributed by atoms with Gasteiger partial charge in [0, 0.05) is 11.6 Å². The van der Waals surface area contributed by atoms with Crippen LogP contribution in [0.5, 0.6) is 0 Å². The fraction of sp³-hybridized carbons (Fsp3) is 0.636. The Labute approximate surface area is 90.2 Å². The minimum Gasteiger partial charge on any atom is -0.463 e. The molecule has 0 saturated heterocycles. The van der Waals surface area contributed by atoms with E-state index < -0.39 is 11.9 Å². The molecule has 15 heavy (non-hydrogen) atoms. The van der Waals surface area contributed by atoms with Crippen LogP contribution in [0, 0.1) is 0 Å². The average Bonchev–Trinajstić information content (AvgIpc) is 2.22. The van der Waals surface area contributed by atoms with Gasteiger partial charge in [-0.2, -0.15) is 0 Å². The Morgan fingerprint density at radius 3 is 2.13 bits per heavy atom. The molecule has 0 fully saturated rings. The molecule has 0 aliphatic rings. The lowest BCUT2D eigenvalue weighted by Gasteiger charge is -2.03. The van der Waals surface area contributed by atoms with Gasteiger partial charge in [0.25, 0.3) is 0 Å². The molecule has 0 saturated carbocycles. The van der Waals surface area contributed by atoms with E-state index in [0.29, 0.717) is 13.2 Å². The summed E-state index contributed by atoms with van der Waals surface area (Å²) < 4.78 is 9.64. The first-order valence-electron chi connectivity index (χ1n) is 5.14. The van der Waals surface area contributed by atoms with Crippen molar-refractivity contribution >= 4 is 11.9 Å². The molecule has 4 nitrogen and oxygen atoms in total. The van der Waals surface area contributed by atoms with Gasteiger partial charge in [-0.25, -0.2) is 9.59 Å². The van der Waals surface area contributed by atoms with E-state index in [1.807, 2.05) is 13.8 Å². The average molecular weight is 214 g/mol. The zero-order chi connectivity index (χ0) is 11.7. The van der Waals surface area contributed by atoms with Crippen molar-refractivity contribution < 1.29 is 19.1 Å². The Bertz CT molecular complexity index is 243. The molecule has 0 bridgehead atoms. The molecule has 0 atom stereocenters. The summed E-state index contributed by atoms with van der Waals surface area (Å²) in [7, 11) is 0. The largest absolute Gasteiger partial charge is 0.463 e.